The van der Waals surface area contributed by atoms with Crippen molar-refractivity contribution in [2.75, 3.05) is 0 Å². The van der Waals surface area contributed by atoms with Crippen molar-refractivity contribution in [1.82, 2.24) is 0 Å². The van der Waals surface area contributed by atoms with E-state index in [-0.39, 0.29) is 33.0 Å². The second kappa shape index (κ2) is 13.2. The Labute approximate surface area is 281 Å². The lowest BCUT2D eigenvalue weighted by atomic mass is 9.90. The highest BCUT2D eigenvalue weighted by molar-refractivity contribution is 6.05. The van der Waals surface area contributed by atoms with Crippen LogP contribution in [0, 0.1) is 0 Å². The molecule has 7 aromatic rings. The summed E-state index contributed by atoms with van der Waals surface area (Å²) in [7, 11) is 0. The van der Waals surface area contributed by atoms with Gasteiger partial charge in [0.2, 0.25) is 0 Å². The van der Waals surface area contributed by atoms with Crippen LogP contribution < -0.4 is 0 Å². The van der Waals surface area contributed by atoms with Crippen molar-refractivity contribution in [1.29, 1.82) is 0 Å². The number of rotatable bonds is 4. The molecule has 1 nitrogen and oxygen atoms in total. The van der Waals surface area contributed by atoms with E-state index in [9.17, 15) is 4.11 Å². The van der Waals surface area contributed by atoms with Crippen molar-refractivity contribution in [2.45, 2.75) is 0 Å². The standard InChI is InChI=1S/C44H32O/c1-2-10-24-42(40-25-13-12-23-38(40)34-19-7-4-8-20-34)43-27-15-14-26-41(43)39(22-9-1)37-31-35(33-17-5-3-6-18-33)29-30-45-44-28-16-11-21-36(44)32-37/h1-32H/i1D,2D,9D,10D,12D,13D,14D,15D,23D,25D,26D,27D. The smallest absolute Gasteiger partial charge is 0.133 e. The summed E-state index contributed by atoms with van der Waals surface area (Å²) >= 11 is 0. The van der Waals surface area contributed by atoms with Crippen molar-refractivity contribution >= 4 is 21.7 Å². The van der Waals surface area contributed by atoms with E-state index in [1.54, 1.807) is 72.8 Å². The van der Waals surface area contributed by atoms with Gasteiger partial charge in [0.25, 0.3) is 0 Å². The normalized spacial score (nSPS) is 14.4. The molecule has 0 aliphatic heterocycles. The molecule has 6 aromatic carbocycles. The molecule has 0 fully saturated rings. The van der Waals surface area contributed by atoms with Gasteiger partial charge in [0, 0.05) is 5.39 Å². The number of fused-ring (bicyclic) bond motifs is 2. The second-order valence-electron chi connectivity index (χ2n) is 10.0. The molecule has 1 heterocycles. The maximum Gasteiger partial charge on any atom is 0.133 e. The fourth-order valence-electron chi connectivity index (χ4n) is 5.19. The van der Waals surface area contributed by atoms with E-state index in [4.69, 9.17) is 16.8 Å². The lowest BCUT2D eigenvalue weighted by Crippen LogP contribution is -1.87. The Morgan fingerprint density at radius 3 is 1.73 bits per heavy atom. The maximum atomic E-state index is 9.49. The summed E-state index contributed by atoms with van der Waals surface area (Å²) in [4.78, 5) is 0. The van der Waals surface area contributed by atoms with E-state index in [1.807, 2.05) is 30.3 Å². The van der Waals surface area contributed by atoms with Gasteiger partial charge in [-0.25, -0.2) is 0 Å². The Balaban J connectivity index is 1.85. The van der Waals surface area contributed by atoms with Gasteiger partial charge in [-0.2, -0.15) is 0 Å². The van der Waals surface area contributed by atoms with E-state index in [1.165, 1.54) is 12.3 Å². The molecular weight excluding hydrogens is 544 g/mol. The van der Waals surface area contributed by atoms with Crippen molar-refractivity contribution in [3.8, 4) is 44.5 Å². The highest BCUT2D eigenvalue weighted by atomic mass is 16.3. The Morgan fingerprint density at radius 1 is 0.378 bits per heavy atom. The number of para-hydroxylation sites is 1. The van der Waals surface area contributed by atoms with Crippen LogP contribution in [0.2, 0.25) is 0 Å². The van der Waals surface area contributed by atoms with Gasteiger partial charge < -0.3 is 4.42 Å². The summed E-state index contributed by atoms with van der Waals surface area (Å²) in [6.07, 6.45) is 1.52. The summed E-state index contributed by atoms with van der Waals surface area (Å²) in [5, 5.41) is 0.177. The van der Waals surface area contributed by atoms with Crippen LogP contribution in [0.15, 0.2) is 198 Å². The highest BCUT2D eigenvalue weighted by Crippen LogP contribution is 2.38. The molecular formula is C44H32O. The van der Waals surface area contributed by atoms with Crippen LogP contribution in [0.3, 0.4) is 0 Å². The molecule has 0 saturated carbocycles. The molecule has 0 radical (unpaired) electrons. The second-order valence-corrected chi connectivity index (χ2v) is 10.0. The largest absolute Gasteiger partial charge is 0.464 e. The van der Waals surface area contributed by atoms with Crippen LogP contribution in [0.5, 0.6) is 0 Å². The summed E-state index contributed by atoms with van der Waals surface area (Å²) < 4.78 is 114. The Morgan fingerprint density at radius 2 is 0.978 bits per heavy atom. The van der Waals surface area contributed by atoms with E-state index < -0.39 is 72.5 Å². The van der Waals surface area contributed by atoms with Crippen LogP contribution in [0.4, 0.5) is 0 Å². The van der Waals surface area contributed by atoms with Crippen LogP contribution >= 0.6 is 0 Å². The first-order valence-corrected chi connectivity index (χ1v) is 14.3. The summed E-state index contributed by atoms with van der Waals surface area (Å²) in [5.41, 5.74) is 2.18. The van der Waals surface area contributed by atoms with Crippen LogP contribution in [-0.2, 0) is 0 Å². The van der Waals surface area contributed by atoms with Crippen LogP contribution in [-0.4, -0.2) is 0 Å². The molecule has 0 unspecified atom stereocenters. The summed E-state index contributed by atoms with van der Waals surface area (Å²) in [6.45, 7) is 0. The van der Waals surface area contributed by atoms with Crippen molar-refractivity contribution < 1.29 is 20.9 Å². The van der Waals surface area contributed by atoms with Gasteiger partial charge >= 0.3 is 0 Å². The van der Waals surface area contributed by atoms with Gasteiger partial charge in [-0.15, -0.1) is 0 Å². The molecule has 0 aliphatic carbocycles. The Hall–Kier alpha value is -5.92. The van der Waals surface area contributed by atoms with Gasteiger partial charge in [-0.1, -0.05) is 164 Å². The fourth-order valence-corrected chi connectivity index (χ4v) is 5.19. The minimum Gasteiger partial charge on any atom is -0.464 e. The predicted molar refractivity (Wildman–Crippen MR) is 191 cm³/mol. The lowest BCUT2D eigenvalue weighted by Gasteiger charge is -2.13. The third-order valence-corrected chi connectivity index (χ3v) is 7.29. The van der Waals surface area contributed by atoms with E-state index in [0.717, 1.165) is 11.6 Å². The quantitative estimate of drug-likeness (QED) is 0.199. The van der Waals surface area contributed by atoms with Gasteiger partial charge in [0.1, 0.15) is 5.58 Å². The molecule has 0 aliphatic rings. The lowest BCUT2D eigenvalue weighted by molar-refractivity contribution is 0.607. The molecule has 0 atom stereocenters. The minimum atomic E-state index is -0.690. The molecule has 0 bridgehead atoms. The first-order chi connectivity index (χ1) is 27.3. The van der Waals surface area contributed by atoms with Gasteiger partial charge in [0.05, 0.1) is 22.7 Å². The molecule has 0 spiro atoms. The number of hydrogen-bond donors (Lipinski definition) is 0. The van der Waals surface area contributed by atoms with Crippen molar-refractivity contribution in [2.24, 2.45) is 0 Å². The summed E-state index contributed by atoms with van der Waals surface area (Å²) in [6, 6.07) is 25.3. The third kappa shape index (κ3) is 6.11. The SMILES string of the molecule is [2H]c1cc(-c2cc(-c3ccccc3)ccoc3ccccc3c2)c2c([2H])c([2H])c([2H])c([2H])c2c(-c2c([2H])c([2H])c([2H])c([2H])c2-c2ccccc2)cc([2H])c([2H])c1[2H]. The molecule has 0 N–H and O–H groups in total. The molecule has 45 heavy (non-hydrogen) atoms. The highest BCUT2D eigenvalue weighted by Gasteiger charge is 2.11. The first kappa shape index (κ1) is 17.4. The zero-order chi connectivity index (χ0) is 40.7. The van der Waals surface area contributed by atoms with Crippen LogP contribution in [0.1, 0.15) is 16.4 Å². The van der Waals surface area contributed by atoms with Gasteiger partial charge in [-0.05, 0) is 79.5 Å². The van der Waals surface area contributed by atoms with E-state index >= 15 is 0 Å². The Bertz CT molecular complexity index is 2870. The summed E-state index contributed by atoms with van der Waals surface area (Å²) in [5.74, 6) is 0. The average Bonchev–Trinajstić information content (AvgIpc) is 3.32. The third-order valence-electron chi connectivity index (χ3n) is 7.29. The molecule has 1 aromatic heterocycles. The molecule has 0 amide bonds. The molecule has 214 valence electrons. The van der Waals surface area contributed by atoms with Gasteiger partial charge in [0.15, 0.2) is 0 Å². The predicted octanol–water partition coefficient (Wildman–Crippen LogP) is 12.5. The van der Waals surface area contributed by atoms with Crippen molar-refractivity contribution in [3.63, 3.8) is 0 Å². The minimum absolute atomic E-state index is 0.0000746. The van der Waals surface area contributed by atoms with Crippen LogP contribution in [0.25, 0.3) is 66.2 Å². The zero-order valence-electron chi connectivity index (χ0n) is 36.0. The molecule has 0 saturated heterocycles. The number of hydrogen-bond acceptors (Lipinski definition) is 1. The molecule has 7 rings (SSSR count). The first-order valence-electron chi connectivity index (χ1n) is 20.3. The average molecular weight is 589 g/mol. The maximum absolute atomic E-state index is 9.49. The number of benzene rings is 5. The van der Waals surface area contributed by atoms with Crippen molar-refractivity contribution in [3.05, 3.63) is 194 Å². The molecule has 1 heteroatoms. The topological polar surface area (TPSA) is 13.1 Å². The fraction of sp³-hybridized carbons (Fsp3) is 0. The zero-order valence-corrected chi connectivity index (χ0v) is 24.0. The Kier molecular flexibility index (Phi) is 5.09. The van der Waals surface area contributed by atoms with E-state index in [0.29, 0.717) is 27.7 Å². The monoisotopic (exact) mass is 588 g/mol. The van der Waals surface area contributed by atoms with E-state index in [2.05, 4.69) is 0 Å². The van der Waals surface area contributed by atoms with Gasteiger partial charge in [-0.3, -0.25) is 0 Å².